The van der Waals surface area contributed by atoms with Gasteiger partial charge in [0.1, 0.15) is 5.82 Å². The third-order valence-corrected chi connectivity index (χ3v) is 4.53. The Balaban J connectivity index is 2.19. The monoisotopic (exact) mass is 315 g/mol. The van der Waals surface area contributed by atoms with Gasteiger partial charge >= 0.3 is 0 Å². The predicted molar refractivity (Wildman–Crippen MR) is 70.8 cm³/mol. The first-order valence-electron chi connectivity index (χ1n) is 4.65. The van der Waals surface area contributed by atoms with Crippen molar-refractivity contribution in [1.82, 2.24) is 9.36 Å². The number of aryl methyl sites for hydroxylation is 1. The molecule has 0 atom stereocenters. The molecule has 0 saturated heterocycles. The molecule has 16 heavy (non-hydrogen) atoms. The molecule has 1 aromatic carbocycles. The molecular weight excluding hydrogens is 306 g/mol. The van der Waals surface area contributed by atoms with Gasteiger partial charge in [0.15, 0.2) is 4.34 Å². The molecule has 1 heterocycles. The second-order valence-electron chi connectivity index (χ2n) is 3.17. The zero-order valence-electron chi connectivity index (χ0n) is 8.61. The SMILES string of the molecule is Cc1nsc(Sc2ccc(CN)c(Br)c2)n1. The number of aromatic nitrogens is 2. The van der Waals surface area contributed by atoms with Crippen molar-refractivity contribution in [3.05, 3.63) is 34.1 Å². The van der Waals surface area contributed by atoms with Crippen LogP contribution in [0.3, 0.4) is 0 Å². The molecule has 0 aliphatic heterocycles. The Morgan fingerprint density at radius 1 is 1.50 bits per heavy atom. The maximum atomic E-state index is 5.60. The van der Waals surface area contributed by atoms with Gasteiger partial charge in [0, 0.05) is 15.9 Å². The van der Waals surface area contributed by atoms with Crippen LogP contribution in [0.25, 0.3) is 0 Å². The molecule has 0 aliphatic rings. The normalized spacial score (nSPS) is 10.7. The molecule has 0 bridgehead atoms. The van der Waals surface area contributed by atoms with E-state index in [9.17, 15) is 0 Å². The van der Waals surface area contributed by atoms with Gasteiger partial charge in [-0.05, 0) is 36.2 Å². The lowest BCUT2D eigenvalue weighted by atomic mass is 10.2. The van der Waals surface area contributed by atoms with Crippen LogP contribution in [-0.4, -0.2) is 9.36 Å². The van der Waals surface area contributed by atoms with E-state index in [-0.39, 0.29) is 0 Å². The summed E-state index contributed by atoms with van der Waals surface area (Å²) in [6, 6.07) is 6.14. The number of rotatable bonds is 3. The van der Waals surface area contributed by atoms with Crippen molar-refractivity contribution < 1.29 is 0 Å². The van der Waals surface area contributed by atoms with Crippen molar-refractivity contribution in [1.29, 1.82) is 0 Å². The lowest BCUT2D eigenvalue weighted by Crippen LogP contribution is -1.96. The fraction of sp³-hybridized carbons (Fsp3) is 0.200. The largest absolute Gasteiger partial charge is 0.326 e. The highest BCUT2D eigenvalue weighted by Crippen LogP contribution is 2.31. The second kappa shape index (κ2) is 5.27. The van der Waals surface area contributed by atoms with Gasteiger partial charge in [-0.15, -0.1) is 0 Å². The highest BCUT2D eigenvalue weighted by Gasteiger charge is 2.05. The van der Waals surface area contributed by atoms with Crippen LogP contribution >= 0.6 is 39.2 Å². The number of benzene rings is 1. The molecule has 0 unspecified atom stereocenters. The zero-order chi connectivity index (χ0) is 11.5. The molecule has 0 amide bonds. The van der Waals surface area contributed by atoms with Crippen LogP contribution in [0.15, 0.2) is 31.9 Å². The first-order valence-corrected chi connectivity index (χ1v) is 7.04. The van der Waals surface area contributed by atoms with E-state index in [1.54, 1.807) is 11.8 Å². The maximum Gasteiger partial charge on any atom is 0.174 e. The third-order valence-electron chi connectivity index (χ3n) is 1.96. The summed E-state index contributed by atoms with van der Waals surface area (Å²) in [5, 5.41) is 0. The molecule has 0 radical (unpaired) electrons. The summed E-state index contributed by atoms with van der Waals surface area (Å²) in [7, 11) is 0. The van der Waals surface area contributed by atoms with E-state index in [2.05, 4.69) is 31.4 Å². The van der Waals surface area contributed by atoms with Crippen molar-refractivity contribution in [3.8, 4) is 0 Å². The Kier molecular flexibility index (Phi) is 3.96. The Labute approximate surface area is 111 Å². The Morgan fingerprint density at radius 3 is 2.88 bits per heavy atom. The van der Waals surface area contributed by atoms with Crippen LogP contribution in [-0.2, 0) is 6.54 Å². The van der Waals surface area contributed by atoms with Crippen molar-refractivity contribution in [2.75, 3.05) is 0 Å². The molecule has 6 heteroatoms. The first kappa shape index (κ1) is 12.0. The Bertz CT molecular complexity index is 499. The van der Waals surface area contributed by atoms with Crippen molar-refractivity contribution in [2.24, 2.45) is 5.73 Å². The van der Waals surface area contributed by atoms with Gasteiger partial charge in [0.25, 0.3) is 0 Å². The molecule has 84 valence electrons. The van der Waals surface area contributed by atoms with E-state index in [0.29, 0.717) is 6.54 Å². The molecule has 0 saturated carbocycles. The van der Waals surface area contributed by atoms with Crippen molar-refractivity contribution >= 4 is 39.2 Å². The smallest absolute Gasteiger partial charge is 0.174 e. The van der Waals surface area contributed by atoms with Crippen LogP contribution in [0.1, 0.15) is 11.4 Å². The molecule has 0 spiro atoms. The van der Waals surface area contributed by atoms with E-state index in [4.69, 9.17) is 5.73 Å². The molecule has 0 aliphatic carbocycles. The fourth-order valence-electron chi connectivity index (χ4n) is 1.18. The number of nitrogens with zero attached hydrogens (tertiary/aromatic N) is 2. The summed E-state index contributed by atoms with van der Waals surface area (Å²) >= 11 is 6.54. The van der Waals surface area contributed by atoms with Gasteiger partial charge < -0.3 is 5.73 Å². The molecule has 2 aromatic rings. The molecule has 3 nitrogen and oxygen atoms in total. The summed E-state index contributed by atoms with van der Waals surface area (Å²) in [5.41, 5.74) is 6.71. The van der Waals surface area contributed by atoms with Crippen LogP contribution in [0.5, 0.6) is 0 Å². The molecule has 0 fully saturated rings. The van der Waals surface area contributed by atoms with Crippen LogP contribution in [0, 0.1) is 6.92 Å². The minimum absolute atomic E-state index is 0.545. The number of halogens is 1. The number of nitrogens with two attached hydrogens (primary N) is 1. The lowest BCUT2D eigenvalue weighted by molar-refractivity contribution is 1.05. The fourth-order valence-corrected chi connectivity index (χ4v) is 3.54. The van der Waals surface area contributed by atoms with Crippen molar-refractivity contribution in [3.63, 3.8) is 0 Å². The number of hydrogen-bond donors (Lipinski definition) is 1. The molecular formula is C10H10BrN3S2. The highest BCUT2D eigenvalue weighted by atomic mass is 79.9. The highest BCUT2D eigenvalue weighted by molar-refractivity contribution is 9.10. The van der Waals surface area contributed by atoms with Gasteiger partial charge in [-0.1, -0.05) is 33.8 Å². The Hall–Kier alpha value is -0.430. The van der Waals surface area contributed by atoms with Gasteiger partial charge in [-0.25, -0.2) is 4.98 Å². The predicted octanol–water partition coefficient (Wildman–Crippen LogP) is 3.22. The summed E-state index contributed by atoms with van der Waals surface area (Å²) in [5.74, 6) is 0.824. The first-order chi connectivity index (χ1) is 7.69. The molecule has 1 aromatic heterocycles. The summed E-state index contributed by atoms with van der Waals surface area (Å²) in [6.07, 6.45) is 0. The van der Waals surface area contributed by atoms with E-state index in [0.717, 1.165) is 25.1 Å². The summed E-state index contributed by atoms with van der Waals surface area (Å²) in [4.78, 5) is 5.45. The van der Waals surface area contributed by atoms with Gasteiger partial charge in [0.2, 0.25) is 0 Å². The van der Waals surface area contributed by atoms with E-state index < -0.39 is 0 Å². The number of hydrogen-bond acceptors (Lipinski definition) is 5. The second-order valence-corrected chi connectivity index (χ2v) is 6.09. The topological polar surface area (TPSA) is 51.8 Å². The van der Waals surface area contributed by atoms with Gasteiger partial charge in [-0.2, -0.15) is 4.37 Å². The lowest BCUT2D eigenvalue weighted by Gasteiger charge is -2.03. The van der Waals surface area contributed by atoms with Gasteiger partial charge in [-0.3, -0.25) is 0 Å². The minimum Gasteiger partial charge on any atom is -0.326 e. The standard InChI is InChI=1S/C10H10BrN3S2/c1-6-13-10(16-14-6)15-8-3-2-7(5-12)9(11)4-8/h2-4H,5,12H2,1H3. The maximum absolute atomic E-state index is 5.60. The quantitative estimate of drug-likeness (QED) is 0.944. The zero-order valence-corrected chi connectivity index (χ0v) is 11.8. The van der Waals surface area contributed by atoms with E-state index in [1.165, 1.54) is 11.5 Å². The van der Waals surface area contributed by atoms with Crippen LogP contribution < -0.4 is 5.73 Å². The average molecular weight is 316 g/mol. The van der Waals surface area contributed by atoms with E-state index >= 15 is 0 Å². The molecule has 2 rings (SSSR count). The summed E-state index contributed by atoms with van der Waals surface area (Å²) in [6.45, 7) is 2.44. The van der Waals surface area contributed by atoms with E-state index in [1.807, 2.05) is 19.1 Å². The average Bonchev–Trinajstić information content (AvgIpc) is 2.64. The summed E-state index contributed by atoms with van der Waals surface area (Å²) < 4.78 is 6.15. The van der Waals surface area contributed by atoms with Crippen LogP contribution in [0.2, 0.25) is 0 Å². The minimum atomic E-state index is 0.545. The molecule has 2 N–H and O–H groups in total. The Morgan fingerprint density at radius 2 is 2.31 bits per heavy atom. The van der Waals surface area contributed by atoms with Crippen molar-refractivity contribution in [2.45, 2.75) is 22.7 Å². The third kappa shape index (κ3) is 2.82. The van der Waals surface area contributed by atoms with Gasteiger partial charge in [0.05, 0.1) is 0 Å². The van der Waals surface area contributed by atoms with Crippen LogP contribution in [0.4, 0.5) is 0 Å².